The average Bonchev–Trinajstić information content (AvgIpc) is 2.73. The molecule has 0 unspecified atom stereocenters. The van der Waals surface area contributed by atoms with Crippen LogP contribution < -0.4 is 5.32 Å². The minimum atomic E-state index is 0.736. The summed E-state index contributed by atoms with van der Waals surface area (Å²) in [6.07, 6.45) is 1.67. The number of oxazole rings is 1. The van der Waals surface area contributed by atoms with Crippen molar-refractivity contribution in [3.8, 4) is 0 Å². The summed E-state index contributed by atoms with van der Waals surface area (Å²) in [6.45, 7) is 2.81. The van der Waals surface area contributed by atoms with Crippen LogP contribution in [0.25, 0.3) is 0 Å². The Balaban J connectivity index is 1.71. The van der Waals surface area contributed by atoms with Gasteiger partial charge in [-0.15, -0.1) is 0 Å². The lowest BCUT2D eigenvalue weighted by Gasteiger charge is -2.04. The van der Waals surface area contributed by atoms with Crippen molar-refractivity contribution in [2.75, 3.05) is 17.6 Å². The molecule has 0 amide bonds. The Morgan fingerprint density at radius 1 is 1.35 bits per heavy atom. The van der Waals surface area contributed by atoms with Gasteiger partial charge in [-0.2, -0.15) is 0 Å². The molecule has 1 heterocycles. The highest BCUT2D eigenvalue weighted by Gasteiger charge is 2.00. The fourth-order valence-electron chi connectivity index (χ4n) is 1.30. The van der Waals surface area contributed by atoms with Crippen LogP contribution in [0.5, 0.6) is 0 Å². The second kappa shape index (κ2) is 6.12. The van der Waals surface area contributed by atoms with Gasteiger partial charge in [0.25, 0.3) is 5.22 Å². The van der Waals surface area contributed by atoms with Crippen LogP contribution in [0.4, 0.5) is 5.69 Å². The quantitative estimate of drug-likeness (QED) is 0.670. The molecule has 0 spiro atoms. The first kappa shape index (κ1) is 12.5. The normalized spacial score (nSPS) is 10.5. The first-order chi connectivity index (χ1) is 8.24. The van der Waals surface area contributed by atoms with Gasteiger partial charge in [-0.25, -0.2) is 4.98 Å². The molecule has 5 heteroatoms. The van der Waals surface area contributed by atoms with Gasteiger partial charge in [-0.05, 0) is 31.2 Å². The topological polar surface area (TPSA) is 38.1 Å². The van der Waals surface area contributed by atoms with E-state index in [4.69, 9.17) is 4.42 Å². The minimum Gasteiger partial charge on any atom is -0.440 e. The molecule has 17 heavy (non-hydrogen) atoms. The van der Waals surface area contributed by atoms with E-state index in [0.29, 0.717) is 0 Å². The number of nitrogens with one attached hydrogen (secondary N) is 1. The van der Waals surface area contributed by atoms with E-state index >= 15 is 0 Å². The molecule has 0 aliphatic rings. The van der Waals surface area contributed by atoms with Gasteiger partial charge in [0.1, 0.15) is 6.26 Å². The van der Waals surface area contributed by atoms with Crippen LogP contribution in [0.2, 0.25) is 0 Å². The van der Waals surface area contributed by atoms with E-state index in [2.05, 4.69) is 26.2 Å². The minimum absolute atomic E-state index is 0.736. The second-order valence-corrected chi connectivity index (χ2v) is 5.50. The Morgan fingerprint density at radius 2 is 2.12 bits per heavy atom. The average molecular weight is 313 g/mol. The second-order valence-electron chi connectivity index (χ2n) is 3.54. The zero-order chi connectivity index (χ0) is 12.1. The molecule has 0 saturated carbocycles. The Hall–Kier alpha value is -0.940. The predicted molar refractivity (Wildman–Crippen MR) is 74.6 cm³/mol. The predicted octanol–water partition coefficient (Wildman–Crippen LogP) is 3.95. The molecule has 0 aliphatic heterocycles. The van der Waals surface area contributed by atoms with Crippen LogP contribution in [-0.2, 0) is 0 Å². The molecule has 2 aromatic rings. The van der Waals surface area contributed by atoms with Crippen molar-refractivity contribution in [3.05, 3.63) is 40.7 Å². The smallest absolute Gasteiger partial charge is 0.255 e. The number of thioether (sulfide) groups is 1. The lowest BCUT2D eigenvalue weighted by molar-refractivity contribution is 0.454. The van der Waals surface area contributed by atoms with Crippen LogP contribution in [-0.4, -0.2) is 17.3 Å². The summed E-state index contributed by atoms with van der Waals surface area (Å²) in [7, 11) is 0. The van der Waals surface area contributed by atoms with Gasteiger partial charge < -0.3 is 9.73 Å². The Bertz CT molecular complexity index is 470. The van der Waals surface area contributed by atoms with Crippen molar-refractivity contribution in [1.29, 1.82) is 0 Å². The molecule has 0 bridgehead atoms. The monoisotopic (exact) mass is 312 g/mol. The van der Waals surface area contributed by atoms with Crippen molar-refractivity contribution < 1.29 is 4.42 Å². The molecule has 0 fully saturated rings. The summed E-state index contributed by atoms with van der Waals surface area (Å²) in [5.74, 6) is 0.927. The zero-order valence-electron chi connectivity index (χ0n) is 9.44. The van der Waals surface area contributed by atoms with Crippen molar-refractivity contribution >= 4 is 33.4 Å². The Morgan fingerprint density at radius 3 is 2.76 bits per heavy atom. The highest BCUT2D eigenvalue weighted by molar-refractivity contribution is 9.10. The number of aromatic nitrogens is 1. The van der Waals surface area contributed by atoms with E-state index in [-0.39, 0.29) is 0 Å². The number of halogens is 1. The van der Waals surface area contributed by atoms with E-state index in [1.807, 2.05) is 31.2 Å². The maximum absolute atomic E-state index is 5.25. The molecular weight excluding hydrogens is 300 g/mol. The molecule has 1 N–H and O–H groups in total. The number of benzene rings is 1. The van der Waals surface area contributed by atoms with Gasteiger partial charge in [-0.1, -0.05) is 27.7 Å². The third-order valence-electron chi connectivity index (χ3n) is 2.10. The molecule has 3 nitrogen and oxygen atoms in total. The first-order valence-electron chi connectivity index (χ1n) is 5.28. The van der Waals surface area contributed by atoms with E-state index in [1.54, 1.807) is 18.0 Å². The molecule has 0 atom stereocenters. The lowest BCUT2D eigenvalue weighted by Crippen LogP contribution is -2.03. The van der Waals surface area contributed by atoms with Gasteiger partial charge in [0, 0.05) is 22.5 Å². The molecule has 0 aliphatic carbocycles. The van der Waals surface area contributed by atoms with Crippen molar-refractivity contribution in [2.45, 2.75) is 12.1 Å². The molecular formula is C12H13BrN2OS. The first-order valence-corrected chi connectivity index (χ1v) is 7.06. The van der Waals surface area contributed by atoms with Gasteiger partial charge in [-0.3, -0.25) is 0 Å². The summed E-state index contributed by atoms with van der Waals surface area (Å²) in [5.41, 5.74) is 2.05. The summed E-state index contributed by atoms with van der Waals surface area (Å²) < 4.78 is 6.34. The van der Waals surface area contributed by atoms with Crippen molar-refractivity contribution in [3.63, 3.8) is 0 Å². The molecule has 2 rings (SSSR count). The largest absolute Gasteiger partial charge is 0.440 e. The van der Waals surface area contributed by atoms with Gasteiger partial charge in [0.15, 0.2) is 0 Å². The van der Waals surface area contributed by atoms with E-state index in [0.717, 1.165) is 33.4 Å². The number of anilines is 1. The summed E-state index contributed by atoms with van der Waals surface area (Å²) in [6, 6.07) is 8.13. The van der Waals surface area contributed by atoms with E-state index in [1.165, 1.54) is 0 Å². The Labute approximate surface area is 113 Å². The van der Waals surface area contributed by atoms with Crippen molar-refractivity contribution in [1.82, 2.24) is 4.98 Å². The molecule has 90 valence electrons. The van der Waals surface area contributed by atoms with Crippen LogP contribution in [0.3, 0.4) is 0 Å². The van der Waals surface area contributed by atoms with Gasteiger partial charge >= 0.3 is 0 Å². The van der Waals surface area contributed by atoms with Gasteiger partial charge in [0.2, 0.25) is 0 Å². The zero-order valence-corrected chi connectivity index (χ0v) is 11.8. The van der Waals surface area contributed by atoms with Crippen LogP contribution in [0.1, 0.15) is 5.69 Å². The lowest BCUT2D eigenvalue weighted by atomic mass is 10.3. The third kappa shape index (κ3) is 4.09. The number of hydrogen-bond acceptors (Lipinski definition) is 4. The highest BCUT2D eigenvalue weighted by Crippen LogP contribution is 2.17. The van der Waals surface area contributed by atoms with Gasteiger partial charge in [0.05, 0.1) is 5.69 Å². The number of rotatable bonds is 5. The SMILES string of the molecule is Cc1coc(SCCNc2ccc(Br)cc2)n1. The number of nitrogens with zero attached hydrogens (tertiary/aromatic N) is 1. The highest BCUT2D eigenvalue weighted by atomic mass is 79.9. The molecule has 1 aromatic heterocycles. The standard InChI is InChI=1S/C12H13BrN2OS/c1-9-8-16-12(15-9)17-7-6-14-11-4-2-10(13)3-5-11/h2-5,8,14H,6-7H2,1H3. The molecule has 0 radical (unpaired) electrons. The maximum Gasteiger partial charge on any atom is 0.255 e. The molecule has 0 saturated heterocycles. The maximum atomic E-state index is 5.25. The summed E-state index contributed by atoms with van der Waals surface area (Å²) in [5, 5.41) is 4.07. The fourth-order valence-corrected chi connectivity index (χ4v) is 2.27. The van der Waals surface area contributed by atoms with Crippen LogP contribution in [0.15, 0.2) is 44.6 Å². The number of aryl methyl sites for hydroxylation is 1. The molecule has 1 aromatic carbocycles. The number of hydrogen-bond donors (Lipinski definition) is 1. The summed E-state index contributed by atoms with van der Waals surface area (Å²) in [4.78, 5) is 4.23. The van der Waals surface area contributed by atoms with Crippen LogP contribution >= 0.6 is 27.7 Å². The third-order valence-corrected chi connectivity index (χ3v) is 3.47. The van der Waals surface area contributed by atoms with E-state index < -0.39 is 0 Å². The Kier molecular flexibility index (Phi) is 4.50. The van der Waals surface area contributed by atoms with Crippen LogP contribution in [0, 0.1) is 6.92 Å². The summed E-state index contributed by atoms with van der Waals surface area (Å²) >= 11 is 5.02. The van der Waals surface area contributed by atoms with E-state index in [9.17, 15) is 0 Å². The fraction of sp³-hybridized carbons (Fsp3) is 0.250. The van der Waals surface area contributed by atoms with Crippen molar-refractivity contribution in [2.24, 2.45) is 0 Å².